The first-order valence-corrected chi connectivity index (χ1v) is 3.38. The molecule has 0 saturated heterocycles. The zero-order valence-corrected chi connectivity index (χ0v) is 6.09. The van der Waals surface area contributed by atoms with Crippen LogP contribution in [0.1, 0.15) is 0 Å². The van der Waals surface area contributed by atoms with E-state index in [4.69, 9.17) is 0 Å². The van der Waals surface area contributed by atoms with Gasteiger partial charge in [0.05, 0.1) is 0 Å². The second-order valence-corrected chi connectivity index (χ2v) is 2.08. The minimum atomic E-state index is 0.903. The number of likely N-dealkylation sites (N-methyl/N-ethyl adjacent to an activating group) is 1. The molecule has 54 valence electrons. The minimum absolute atomic E-state index is 0.903. The Bertz CT molecular complexity index is 178. The van der Waals surface area contributed by atoms with Gasteiger partial charge in [0.2, 0.25) is 0 Å². The summed E-state index contributed by atoms with van der Waals surface area (Å²) in [7, 11) is 1.93. The van der Waals surface area contributed by atoms with Crippen LogP contribution in [0.15, 0.2) is 36.2 Å². The summed E-state index contributed by atoms with van der Waals surface area (Å²) in [5.74, 6) is 0. The fourth-order valence-corrected chi connectivity index (χ4v) is 0.746. The van der Waals surface area contributed by atoms with Gasteiger partial charge in [0.15, 0.2) is 0 Å². The molecule has 0 aromatic rings. The van der Waals surface area contributed by atoms with Gasteiger partial charge in [0.1, 0.15) is 0 Å². The van der Waals surface area contributed by atoms with Gasteiger partial charge in [-0.05, 0) is 25.3 Å². The van der Waals surface area contributed by atoms with Gasteiger partial charge in [-0.2, -0.15) is 0 Å². The molecule has 0 spiro atoms. The molecule has 0 aliphatic carbocycles. The Morgan fingerprint density at radius 1 is 1.60 bits per heavy atom. The van der Waals surface area contributed by atoms with E-state index in [1.54, 1.807) is 0 Å². The third-order valence-electron chi connectivity index (χ3n) is 1.26. The summed E-state index contributed by atoms with van der Waals surface area (Å²) < 4.78 is 0. The Morgan fingerprint density at radius 2 is 2.50 bits per heavy atom. The van der Waals surface area contributed by atoms with Crippen LogP contribution in [0.2, 0.25) is 0 Å². The molecule has 10 heavy (non-hydrogen) atoms. The maximum absolute atomic E-state index is 3.11. The SMILES string of the molecule is CNCC=C1C=CC=CN1. The minimum Gasteiger partial charge on any atom is -0.362 e. The van der Waals surface area contributed by atoms with E-state index in [1.807, 2.05) is 31.5 Å². The Labute approximate surface area is 61.3 Å². The third-order valence-corrected chi connectivity index (χ3v) is 1.26. The van der Waals surface area contributed by atoms with Gasteiger partial charge in [-0.25, -0.2) is 0 Å². The highest BCUT2D eigenvalue weighted by atomic mass is 14.9. The highest BCUT2D eigenvalue weighted by Gasteiger charge is 1.88. The highest BCUT2D eigenvalue weighted by Crippen LogP contribution is 1.96. The molecule has 1 rings (SSSR count). The molecule has 0 saturated carbocycles. The van der Waals surface area contributed by atoms with Gasteiger partial charge < -0.3 is 10.6 Å². The summed E-state index contributed by atoms with van der Waals surface area (Å²) in [5, 5.41) is 6.15. The maximum atomic E-state index is 3.11. The molecular formula is C8H12N2. The van der Waals surface area contributed by atoms with Crippen molar-refractivity contribution >= 4 is 0 Å². The lowest BCUT2D eigenvalue weighted by Gasteiger charge is -2.04. The van der Waals surface area contributed by atoms with Crippen molar-refractivity contribution in [2.75, 3.05) is 13.6 Å². The molecule has 0 atom stereocenters. The van der Waals surface area contributed by atoms with Crippen LogP contribution >= 0.6 is 0 Å². The van der Waals surface area contributed by atoms with Crippen LogP contribution in [0.25, 0.3) is 0 Å². The molecule has 1 aliphatic rings. The van der Waals surface area contributed by atoms with Crippen LogP contribution < -0.4 is 10.6 Å². The standard InChI is InChI=1S/C8H12N2/c1-9-7-5-8-4-2-3-6-10-8/h2-6,9-10H,7H2,1H3. The number of hydrogen-bond acceptors (Lipinski definition) is 2. The van der Waals surface area contributed by atoms with E-state index < -0.39 is 0 Å². The van der Waals surface area contributed by atoms with Gasteiger partial charge >= 0.3 is 0 Å². The van der Waals surface area contributed by atoms with Crippen molar-refractivity contribution in [2.24, 2.45) is 0 Å². The number of allylic oxidation sites excluding steroid dienone is 3. The summed E-state index contributed by atoms with van der Waals surface area (Å²) in [6.45, 7) is 0.903. The molecule has 1 heterocycles. The lowest BCUT2D eigenvalue weighted by molar-refractivity contribution is 0.904. The summed E-state index contributed by atoms with van der Waals surface area (Å²) in [6, 6.07) is 0. The van der Waals surface area contributed by atoms with Gasteiger partial charge in [0, 0.05) is 18.4 Å². The molecule has 2 nitrogen and oxygen atoms in total. The van der Waals surface area contributed by atoms with Crippen molar-refractivity contribution in [2.45, 2.75) is 0 Å². The first-order chi connectivity index (χ1) is 4.93. The number of hydrogen-bond donors (Lipinski definition) is 2. The van der Waals surface area contributed by atoms with E-state index in [9.17, 15) is 0 Å². The van der Waals surface area contributed by atoms with Crippen LogP contribution in [0, 0.1) is 0 Å². The molecule has 0 fully saturated rings. The monoisotopic (exact) mass is 136 g/mol. The van der Waals surface area contributed by atoms with Gasteiger partial charge in [-0.1, -0.05) is 6.08 Å². The van der Waals surface area contributed by atoms with Crippen molar-refractivity contribution in [3.05, 3.63) is 36.2 Å². The van der Waals surface area contributed by atoms with Crippen LogP contribution in [-0.4, -0.2) is 13.6 Å². The fourth-order valence-electron chi connectivity index (χ4n) is 0.746. The van der Waals surface area contributed by atoms with Gasteiger partial charge in [-0.3, -0.25) is 0 Å². The van der Waals surface area contributed by atoms with Crippen molar-refractivity contribution in [1.82, 2.24) is 10.6 Å². The zero-order valence-electron chi connectivity index (χ0n) is 6.09. The lowest BCUT2D eigenvalue weighted by Crippen LogP contribution is -2.10. The average molecular weight is 136 g/mol. The molecule has 0 radical (unpaired) electrons. The summed E-state index contributed by atoms with van der Waals surface area (Å²) in [4.78, 5) is 0. The van der Waals surface area contributed by atoms with E-state index in [0.29, 0.717) is 0 Å². The average Bonchev–Trinajstić information content (AvgIpc) is 2.03. The smallest absolute Gasteiger partial charge is 0.0352 e. The van der Waals surface area contributed by atoms with E-state index in [0.717, 1.165) is 12.2 Å². The Morgan fingerprint density at radius 3 is 3.10 bits per heavy atom. The van der Waals surface area contributed by atoms with Crippen molar-refractivity contribution < 1.29 is 0 Å². The van der Waals surface area contributed by atoms with E-state index in [1.165, 1.54) is 0 Å². The van der Waals surface area contributed by atoms with Crippen LogP contribution in [0.5, 0.6) is 0 Å². The first kappa shape index (κ1) is 7.09. The van der Waals surface area contributed by atoms with E-state index in [-0.39, 0.29) is 0 Å². The van der Waals surface area contributed by atoms with Crippen LogP contribution in [0.3, 0.4) is 0 Å². The highest BCUT2D eigenvalue weighted by molar-refractivity contribution is 5.26. The van der Waals surface area contributed by atoms with Crippen molar-refractivity contribution in [3.8, 4) is 0 Å². The number of dihydropyridines is 1. The Hall–Kier alpha value is -1.02. The fraction of sp³-hybridized carbons (Fsp3) is 0.250. The molecule has 0 aromatic carbocycles. The van der Waals surface area contributed by atoms with Crippen molar-refractivity contribution in [1.29, 1.82) is 0 Å². The molecule has 0 unspecified atom stereocenters. The number of rotatable bonds is 2. The molecule has 1 aliphatic heterocycles. The molecule has 2 N–H and O–H groups in total. The number of nitrogens with one attached hydrogen (secondary N) is 2. The van der Waals surface area contributed by atoms with Crippen LogP contribution in [0.4, 0.5) is 0 Å². The topological polar surface area (TPSA) is 24.1 Å². The Kier molecular flexibility index (Phi) is 2.77. The largest absolute Gasteiger partial charge is 0.362 e. The predicted octanol–water partition coefficient (Wildman–Crippen LogP) is 0.763. The zero-order chi connectivity index (χ0) is 7.23. The molecule has 0 amide bonds. The molecular weight excluding hydrogens is 124 g/mol. The Balaban J connectivity index is 2.42. The second kappa shape index (κ2) is 3.90. The summed E-state index contributed by atoms with van der Waals surface area (Å²) in [6.07, 6.45) is 10.0. The quantitative estimate of drug-likeness (QED) is 0.585. The molecule has 2 heteroatoms. The predicted molar refractivity (Wildman–Crippen MR) is 43.4 cm³/mol. The maximum Gasteiger partial charge on any atom is 0.0352 e. The summed E-state index contributed by atoms with van der Waals surface area (Å²) in [5.41, 5.74) is 1.15. The van der Waals surface area contributed by atoms with E-state index in [2.05, 4.69) is 16.7 Å². The van der Waals surface area contributed by atoms with Gasteiger partial charge in [-0.15, -0.1) is 0 Å². The molecule has 0 bridgehead atoms. The molecule has 0 aromatic heterocycles. The van der Waals surface area contributed by atoms with Gasteiger partial charge in [0.25, 0.3) is 0 Å². The van der Waals surface area contributed by atoms with Crippen LogP contribution in [-0.2, 0) is 0 Å². The first-order valence-electron chi connectivity index (χ1n) is 3.38. The second-order valence-electron chi connectivity index (χ2n) is 2.08. The van der Waals surface area contributed by atoms with E-state index >= 15 is 0 Å². The normalized spacial score (nSPS) is 19.5. The summed E-state index contributed by atoms with van der Waals surface area (Å²) >= 11 is 0. The third kappa shape index (κ3) is 2.07. The van der Waals surface area contributed by atoms with Crippen molar-refractivity contribution in [3.63, 3.8) is 0 Å². The lowest BCUT2D eigenvalue weighted by atomic mass is 10.3.